The number of aromatic nitrogens is 2. The molecule has 2 aromatic heterocycles. The van der Waals surface area contributed by atoms with E-state index < -0.39 is 17.2 Å². The van der Waals surface area contributed by atoms with E-state index in [0.29, 0.717) is 34.0 Å². The van der Waals surface area contributed by atoms with Crippen molar-refractivity contribution in [3.8, 4) is 0 Å². The van der Waals surface area contributed by atoms with Gasteiger partial charge in [-0.3, -0.25) is 19.6 Å². The first-order chi connectivity index (χ1) is 14.4. The molecule has 3 N–H and O–H groups in total. The Morgan fingerprint density at radius 2 is 1.83 bits per heavy atom. The van der Waals surface area contributed by atoms with Crippen LogP contribution in [-0.4, -0.2) is 15.8 Å². The lowest BCUT2D eigenvalue weighted by Crippen LogP contribution is -2.37. The minimum atomic E-state index is -0.756. The highest BCUT2D eigenvalue weighted by Gasteiger charge is 2.41. The summed E-state index contributed by atoms with van der Waals surface area (Å²) in [6.07, 6.45) is 2.29. The van der Waals surface area contributed by atoms with Gasteiger partial charge < -0.3 is 9.73 Å². The van der Waals surface area contributed by atoms with Gasteiger partial charge in [0.15, 0.2) is 5.78 Å². The van der Waals surface area contributed by atoms with Crippen LogP contribution in [0.5, 0.6) is 0 Å². The lowest BCUT2D eigenvalue weighted by atomic mass is 9.73. The first kappa shape index (κ1) is 19.0. The van der Waals surface area contributed by atoms with E-state index in [4.69, 9.17) is 27.6 Å². The third-order valence-electron chi connectivity index (χ3n) is 5.58. The van der Waals surface area contributed by atoms with Gasteiger partial charge in [0.25, 0.3) is 5.56 Å². The fourth-order valence-electron chi connectivity index (χ4n) is 4.33. The molecular formula is C21H15Cl2N3O4. The zero-order valence-electron chi connectivity index (χ0n) is 15.4. The number of H-pyrrole nitrogens is 2. The SMILES string of the molecule is O=C1C[C@@H](c2ccco2)CC2=C1[C@@H](c1cccc(Cl)c1Cl)c1c([nH]c(=O)[nH]c1=O)N2. The van der Waals surface area contributed by atoms with Crippen LogP contribution in [0.25, 0.3) is 0 Å². The van der Waals surface area contributed by atoms with Crippen molar-refractivity contribution in [3.63, 3.8) is 0 Å². The van der Waals surface area contributed by atoms with Gasteiger partial charge in [-0.05, 0) is 30.2 Å². The summed E-state index contributed by atoms with van der Waals surface area (Å²) in [5.74, 6) is -0.0734. The average molecular weight is 444 g/mol. The van der Waals surface area contributed by atoms with Crippen molar-refractivity contribution >= 4 is 34.8 Å². The third-order valence-corrected chi connectivity index (χ3v) is 6.41. The van der Waals surface area contributed by atoms with Crippen molar-refractivity contribution in [1.82, 2.24) is 9.97 Å². The van der Waals surface area contributed by atoms with E-state index in [1.807, 2.05) is 6.07 Å². The van der Waals surface area contributed by atoms with E-state index in [0.717, 1.165) is 0 Å². The summed E-state index contributed by atoms with van der Waals surface area (Å²) < 4.78 is 5.50. The van der Waals surface area contributed by atoms with E-state index >= 15 is 0 Å². The quantitative estimate of drug-likeness (QED) is 0.556. The number of hydrogen-bond acceptors (Lipinski definition) is 5. The maximum Gasteiger partial charge on any atom is 0.327 e. The summed E-state index contributed by atoms with van der Waals surface area (Å²) in [5, 5.41) is 3.68. The molecule has 7 nitrogen and oxygen atoms in total. The summed E-state index contributed by atoms with van der Waals surface area (Å²) >= 11 is 12.7. The molecule has 0 unspecified atom stereocenters. The van der Waals surface area contributed by atoms with Gasteiger partial charge in [-0.2, -0.15) is 0 Å². The van der Waals surface area contributed by atoms with Crippen molar-refractivity contribution in [2.24, 2.45) is 0 Å². The number of carbonyl (C=O) groups excluding carboxylic acids is 1. The maximum absolute atomic E-state index is 13.3. The molecule has 0 fully saturated rings. The average Bonchev–Trinajstić information content (AvgIpc) is 3.23. The fourth-order valence-corrected chi connectivity index (χ4v) is 4.75. The van der Waals surface area contributed by atoms with Crippen molar-refractivity contribution in [1.29, 1.82) is 0 Å². The number of allylic oxidation sites excluding steroid dienone is 2. The van der Waals surface area contributed by atoms with Crippen LogP contribution >= 0.6 is 23.2 Å². The molecule has 0 saturated carbocycles. The number of ketones is 1. The van der Waals surface area contributed by atoms with E-state index in [1.54, 1.807) is 30.5 Å². The number of rotatable bonds is 2. The molecule has 30 heavy (non-hydrogen) atoms. The molecular weight excluding hydrogens is 429 g/mol. The first-order valence-corrected chi connectivity index (χ1v) is 10.1. The number of furan rings is 1. The zero-order valence-corrected chi connectivity index (χ0v) is 16.9. The molecule has 2 aliphatic rings. The Kier molecular flexibility index (Phi) is 4.45. The van der Waals surface area contributed by atoms with Crippen molar-refractivity contribution in [2.45, 2.75) is 24.7 Å². The van der Waals surface area contributed by atoms with Crippen LogP contribution in [0.1, 0.15) is 41.6 Å². The Balaban J connectivity index is 1.74. The smallest absolute Gasteiger partial charge is 0.327 e. The highest BCUT2D eigenvalue weighted by Crippen LogP contribution is 2.48. The molecule has 0 amide bonds. The molecule has 152 valence electrons. The zero-order chi connectivity index (χ0) is 21.0. The molecule has 5 rings (SSSR count). The van der Waals surface area contributed by atoms with Crippen molar-refractivity contribution < 1.29 is 9.21 Å². The Bertz CT molecular complexity index is 1320. The molecule has 1 aliphatic carbocycles. The van der Waals surface area contributed by atoms with E-state index in [9.17, 15) is 14.4 Å². The van der Waals surface area contributed by atoms with Crippen LogP contribution in [0, 0.1) is 0 Å². The Morgan fingerprint density at radius 1 is 1.00 bits per heavy atom. The number of fused-ring (bicyclic) bond motifs is 1. The number of benzene rings is 1. The second kappa shape index (κ2) is 7.04. The lowest BCUT2D eigenvalue weighted by molar-refractivity contribution is -0.116. The summed E-state index contributed by atoms with van der Waals surface area (Å²) in [6.45, 7) is 0. The largest absolute Gasteiger partial charge is 0.469 e. The van der Waals surface area contributed by atoms with Gasteiger partial charge in [0.05, 0.1) is 21.9 Å². The summed E-state index contributed by atoms with van der Waals surface area (Å²) in [5.41, 5.74) is 0.601. The van der Waals surface area contributed by atoms with E-state index in [2.05, 4.69) is 15.3 Å². The molecule has 0 bridgehead atoms. The topological polar surface area (TPSA) is 108 Å². The van der Waals surface area contributed by atoms with Crippen molar-refractivity contribution in [2.75, 3.05) is 5.32 Å². The molecule has 2 atom stereocenters. The number of carbonyl (C=O) groups is 1. The molecule has 0 saturated heterocycles. The van der Waals surface area contributed by atoms with Crippen molar-refractivity contribution in [3.05, 3.63) is 95.6 Å². The Labute approximate surface area is 179 Å². The van der Waals surface area contributed by atoms with Crippen LogP contribution in [0.3, 0.4) is 0 Å². The minimum Gasteiger partial charge on any atom is -0.469 e. The second-order valence-electron chi connectivity index (χ2n) is 7.33. The highest BCUT2D eigenvalue weighted by molar-refractivity contribution is 6.42. The number of nitrogens with one attached hydrogen (secondary N) is 3. The molecule has 1 aromatic carbocycles. The minimum absolute atomic E-state index is 0.123. The van der Waals surface area contributed by atoms with Crippen LogP contribution in [-0.2, 0) is 4.79 Å². The number of aromatic amines is 2. The standard InChI is InChI=1S/C21H15Cl2N3O4/c22-11-4-1-3-10(18(11)23)15-16-12(24-19-17(15)20(28)26-21(29)25-19)7-9(8-13(16)27)14-5-2-6-30-14/h1-6,9,15H,7-8H2,(H3,24,25,26,28,29)/t9-,15+/m0/s1. The molecule has 1 aliphatic heterocycles. The van der Waals surface area contributed by atoms with Gasteiger partial charge in [0.2, 0.25) is 0 Å². The highest BCUT2D eigenvalue weighted by atomic mass is 35.5. The number of anilines is 1. The van der Waals surface area contributed by atoms with E-state index in [1.165, 1.54) is 0 Å². The number of halogens is 2. The predicted molar refractivity (Wildman–Crippen MR) is 112 cm³/mol. The van der Waals surface area contributed by atoms with Gasteiger partial charge in [-0.25, -0.2) is 4.79 Å². The van der Waals surface area contributed by atoms with Gasteiger partial charge >= 0.3 is 5.69 Å². The number of hydrogen-bond donors (Lipinski definition) is 3. The van der Waals surface area contributed by atoms with Gasteiger partial charge in [-0.15, -0.1) is 0 Å². The van der Waals surface area contributed by atoms with Gasteiger partial charge in [0.1, 0.15) is 11.6 Å². The lowest BCUT2D eigenvalue weighted by Gasteiger charge is -2.35. The van der Waals surface area contributed by atoms with Crippen LogP contribution in [0.15, 0.2) is 61.9 Å². The Hall–Kier alpha value is -3.03. The summed E-state index contributed by atoms with van der Waals surface area (Å²) in [7, 11) is 0. The second-order valence-corrected chi connectivity index (χ2v) is 8.12. The third kappa shape index (κ3) is 2.93. The maximum atomic E-state index is 13.3. The van der Waals surface area contributed by atoms with Gasteiger partial charge in [-0.1, -0.05) is 35.3 Å². The van der Waals surface area contributed by atoms with Crippen LogP contribution in [0.2, 0.25) is 10.0 Å². The van der Waals surface area contributed by atoms with E-state index in [-0.39, 0.29) is 34.5 Å². The summed E-state index contributed by atoms with van der Waals surface area (Å²) in [4.78, 5) is 42.8. The molecule has 3 aromatic rings. The molecule has 0 spiro atoms. The fraction of sp³-hybridized carbons (Fsp3) is 0.190. The first-order valence-electron chi connectivity index (χ1n) is 9.31. The monoisotopic (exact) mass is 443 g/mol. The molecule has 3 heterocycles. The van der Waals surface area contributed by atoms with Crippen LogP contribution < -0.4 is 16.6 Å². The summed E-state index contributed by atoms with van der Waals surface area (Å²) in [6, 6.07) is 8.69. The predicted octanol–water partition coefficient (Wildman–Crippen LogP) is 3.92. The molecule has 0 radical (unpaired) electrons. The van der Waals surface area contributed by atoms with Gasteiger partial charge in [0, 0.05) is 29.5 Å². The normalized spacial score (nSPS) is 20.5. The molecule has 9 heteroatoms. The Morgan fingerprint density at radius 3 is 2.60 bits per heavy atom. The van der Waals surface area contributed by atoms with Crippen LogP contribution in [0.4, 0.5) is 5.82 Å². The number of Topliss-reactive ketones (excluding diaryl/α,β-unsaturated/α-hetero) is 1.